The first kappa shape index (κ1) is 67.4. The van der Waals surface area contributed by atoms with E-state index in [4.69, 9.17) is 23.3 Å². The van der Waals surface area contributed by atoms with Gasteiger partial charge in [-0.05, 0) is 109 Å². The summed E-state index contributed by atoms with van der Waals surface area (Å²) in [5.41, 5.74) is 0. The Morgan fingerprint density at radius 1 is 0.403 bits per heavy atom. The minimum absolute atomic E-state index is 0.0253. The van der Waals surface area contributed by atoms with Crippen molar-refractivity contribution in [3.63, 3.8) is 0 Å². The molecule has 0 bridgehead atoms. The minimum atomic E-state index is -4.79. The van der Waals surface area contributed by atoms with Crippen molar-refractivity contribution < 1.29 is 52.2 Å². The number of hydrogen-bond donors (Lipinski definition) is 2. The molecular formula is C60H93O11P. The number of unbranched alkanes of at least 4 members (excludes halogenated alkanes) is 6. The van der Waals surface area contributed by atoms with E-state index < -0.39 is 57.8 Å². The van der Waals surface area contributed by atoms with E-state index >= 15 is 0 Å². The number of aliphatic hydroxyl groups excluding tert-OH is 1. The van der Waals surface area contributed by atoms with Gasteiger partial charge in [0.2, 0.25) is 0 Å². The standard InChI is InChI=1S/C60H93O11P/c1-4-7-10-13-16-19-22-25-26-27-28-29-30-33-36-39-42-45-48-51-60(64)71-57(53-67-58(62)49-46-43-40-37-34-31-23-20-17-14-11-8-5-2)55-69-72(65,66)68-54-56(52-61)70-59(63)50-47-44-41-38-35-32-24-21-18-15-12-9-6-3/h7,9-12,14,16,18-21,23,25-26,28-29,32-33,35-36,41-42,44-45,56-57,61H,4-6,8,13,15,17,22,24,27,30-31,34,37-40,43,46-55H2,1-3H3,(H,65,66)/b10-7-,12-9-,14-11-,19-16-,21-18-,23-20-,26-25-,29-28-,35-32-,36-33-,44-41-,45-42-. The van der Waals surface area contributed by atoms with Crippen LogP contribution in [0.4, 0.5) is 0 Å². The molecule has 12 heteroatoms. The first-order valence-electron chi connectivity index (χ1n) is 26.7. The molecule has 0 rings (SSSR count). The zero-order chi connectivity index (χ0) is 52.7. The molecule has 72 heavy (non-hydrogen) atoms. The minimum Gasteiger partial charge on any atom is -0.462 e. The third kappa shape index (κ3) is 50.3. The van der Waals surface area contributed by atoms with Crippen LogP contribution in [0.25, 0.3) is 0 Å². The number of ether oxygens (including phenoxy) is 3. The van der Waals surface area contributed by atoms with Gasteiger partial charge in [-0.2, -0.15) is 0 Å². The van der Waals surface area contributed by atoms with Crippen molar-refractivity contribution in [3.05, 3.63) is 146 Å². The molecule has 0 heterocycles. The van der Waals surface area contributed by atoms with Crippen molar-refractivity contribution >= 4 is 25.7 Å². The molecule has 0 aromatic heterocycles. The number of phosphoric acid groups is 1. The normalized spacial score (nSPS) is 14.6. The second kappa shape index (κ2) is 52.7. The van der Waals surface area contributed by atoms with Crippen LogP contribution in [0.2, 0.25) is 0 Å². The van der Waals surface area contributed by atoms with Gasteiger partial charge in [-0.15, -0.1) is 0 Å². The Bertz CT molecular complexity index is 1760. The highest BCUT2D eigenvalue weighted by Gasteiger charge is 2.28. The average molecular weight is 1020 g/mol. The van der Waals surface area contributed by atoms with E-state index in [1.807, 2.05) is 30.4 Å². The molecule has 0 aliphatic rings. The molecule has 0 amide bonds. The lowest BCUT2D eigenvalue weighted by Crippen LogP contribution is -2.30. The molecule has 0 spiro atoms. The van der Waals surface area contributed by atoms with Gasteiger partial charge in [0.1, 0.15) is 12.7 Å². The quantitative estimate of drug-likeness (QED) is 0.0197. The Kier molecular flexibility index (Phi) is 49.3. The molecule has 11 nitrogen and oxygen atoms in total. The number of phosphoric ester groups is 1. The summed E-state index contributed by atoms with van der Waals surface area (Å²) in [6.07, 6.45) is 67.1. The van der Waals surface area contributed by atoms with Crippen LogP contribution in [0.5, 0.6) is 0 Å². The van der Waals surface area contributed by atoms with Crippen LogP contribution >= 0.6 is 7.82 Å². The average Bonchev–Trinajstić information content (AvgIpc) is 3.37. The third-order valence-corrected chi connectivity index (χ3v) is 11.2. The van der Waals surface area contributed by atoms with Crippen LogP contribution in [0.3, 0.4) is 0 Å². The largest absolute Gasteiger partial charge is 0.472 e. The maximum atomic E-state index is 12.9. The number of carbonyl (C=O) groups is 3. The Hall–Kier alpha value is -4.64. The van der Waals surface area contributed by atoms with E-state index in [2.05, 4.69) is 136 Å². The predicted molar refractivity (Wildman–Crippen MR) is 297 cm³/mol. The third-order valence-electron chi connectivity index (χ3n) is 10.2. The van der Waals surface area contributed by atoms with Gasteiger partial charge in [-0.3, -0.25) is 23.4 Å². The molecule has 3 atom stereocenters. The molecule has 2 N–H and O–H groups in total. The highest BCUT2D eigenvalue weighted by atomic mass is 31.2. The molecule has 0 radical (unpaired) electrons. The molecule has 0 fully saturated rings. The molecule has 0 aliphatic heterocycles. The number of hydrogen-bond acceptors (Lipinski definition) is 10. The first-order valence-corrected chi connectivity index (χ1v) is 28.2. The molecule has 0 aliphatic carbocycles. The van der Waals surface area contributed by atoms with Crippen LogP contribution in [-0.4, -0.2) is 66.5 Å². The van der Waals surface area contributed by atoms with Crippen LogP contribution in [0, 0.1) is 0 Å². The highest BCUT2D eigenvalue weighted by Crippen LogP contribution is 2.43. The summed E-state index contributed by atoms with van der Waals surface area (Å²) < 4.78 is 39.2. The summed E-state index contributed by atoms with van der Waals surface area (Å²) in [6.45, 7) is 4.12. The summed E-state index contributed by atoms with van der Waals surface area (Å²) >= 11 is 0. The van der Waals surface area contributed by atoms with E-state index in [1.165, 1.54) is 0 Å². The van der Waals surface area contributed by atoms with Crippen LogP contribution in [-0.2, 0) is 42.2 Å². The van der Waals surface area contributed by atoms with Crippen molar-refractivity contribution in [1.82, 2.24) is 0 Å². The van der Waals surface area contributed by atoms with Gasteiger partial charge in [-0.25, -0.2) is 4.57 Å². The van der Waals surface area contributed by atoms with E-state index in [-0.39, 0.29) is 25.9 Å². The monoisotopic (exact) mass is 1020 g/mol. The summed E-state index contributed by atoms with van der Waals surface area (Å²) in [6, 6.07) is 0. The lowest BCUT2D eigenvalue weighted by molar-refractivity contribution is -0.161. The fourth-order valence-electron chi connectivity index (χ4n) is 6.25. The second-order valence-corrected chi connectivity index (χ2v) is 18.4. The summed E-state index contributed by atoms with van der Waals surface area (Å²) in [5.74, 6) is -1.69. The van der Waals surface area contributed by atoms with E-state index in [0.29, 0.717) is 25.7 Å². The van der Waals surface area contributed by atoms with Crippen molar-refractivity contribution in [2.45, 2.75) is 187 Å². The lowest BCUT2D eigenvalue weighted by Gasteiger charge is -2.21. The summed E-state index contributed by atoms with van der Waals surface area (Å²) in [5, 5.41) is 9.77. The first-order chi connectivity index (χ1) is 35.2. The van der Waals surface area contributed by atoms with Gasteiger partial charge in [-0.1, -0.05) is 192 Å². The Labute approximate surface area is 435 Å². The summed E-state index contributed by atoms with van der Waals surface area (Å²) in [4.78, 5) is 48.3. The number of rotatable bonds is 47. The van der Waals surface area contributed by atoms with Gasteiger partial charge in [0.25, 0.3) is 0 Å². The SMILES string of the molecule is CC/C=C\C/C=C\C/C=C\C/C=C\C/C=C\C/C=C\CCC(=O)OC(COC(=O)CCCCCCC/C=C\C/C=C\CCC)COP(=O)(O)OCC(CO)OC(=O)CC/C=C\C/C=C\C/C=C\C/C=C\CC. The van der Waals surface area contributed by atoms with Crippen LogP contribution in [0.15, 0.2) is 146 Å². The molecule has 0 aromatic carbocycles. The highest BCUT2D eigenvalue weighted by molar-refractivity contribution is 7.47. The maximum absolute atomic E-state index is 12.9. The topological polar surface area (TPSA) is 155 Å². The Balaban J connectivity index is 4.96. The molecule has 404 valence electrons. The smallest absolute Gasteiger partial charge is 0.462 e. The van der Waals surface area contributed by atoms with Gasteiger partial charge < -0.3 is 24.2 Å². The number of esters is 3. The van der Waals surface area contributed by atoms with Gasteiger partial charge in [0.15, 0.2) is 6.10 Å². The number of allylic oxidation sites excluding steroid dienone is 24. The Morgan fingerprint density at radius 3 is 1.17 bits per heavy atom. The van der Waals surface area contributed by atoms with E-state index in [9.17, 15) is 28.9 Å². The van der Waals surface area contributed by atoms with E-state index in [0.717, 1.165) is 109 Å². The lowest BCUT2D eigenvalue weighted by atomic mass is 10.1. The Morgan fingerprint density at radius 2 is 0.750 bits per heavy atom. The van der Waals surface area contributed by atoms with Gasteiger partial charge >= 0.3 is 25.7 Å². The van der Waals surface area contributed by atoms with E-state index in [1.54, 1.807) is 0 Å². The molecule has 0 saturated heterocycles. The van der Waals surface area contributed by atoms with Crippen LogP contribution < -0.4 is 0 Å². The van der Waals surface area contributed by atoms with Crippen molar-refractivity contribution in [1.29, 1.82) is 0 Å². The van der Waals surface area contributed by atoms with Crippen molar-refractivity contribution in [2.75, 3.05) is 26.4 Å². The molecule has 3 unspecified atom stereocenters. The second-order valence-electron chi connectivity index (χ2n) is 16.9. The van der Waals surface area contributed by atoms with Crippen molar-refractivity contribution in [3.8, 4) is 0 Å². The molecule has 0 saturated carbocycles. The van der Waals surface area contributed by atoms with Gasteiger partial charge in [0.05, 0.1) is 19.8 Å². The fourth-order valence-corrected chi connectivity index (χ4v) is 7.04. The zero-order valence-corrected chi connectivity index (χ0v) is 45.2. The number of carbonyl (C=O) groups excluding carboxylic acids is 3. The predicted octanol–water partition coefficient (Wildman–Crippen LogP) is 15.6. The number of aliphatic hydroxyl groups is 1. The van der Waals surface area contributed by atoms with Crippen molar-refractivity contribution in [2.24, 2.45) is 0 Å². The zero-order valence-electron chi connectivity index (χ0n) is 44.3. The van der Waals surface area contributed by atoms with Gasteiger partial charge in [0, 0.05) is 19.3 Å². The summed E-state index contributed by atoms with van der Waals surface area (Å²) in [7, 11) is -4.79. The maximum Gasteiger partial charge on any atom is 0.472 e. The molecular weight excluding hydrogens is 928 g/mol. The fraction of sp³-hybridized carbons (Fsp3) is 0.550. The molecule has 0 aromatic rings. The van der Waals surface area contributed by atoms with Crippen LogP contribution in [0.1, 0.15) is 175 Å².